The number of pyridine rings is 1. The van der Waals surface area contributed by atoms with Crippen molar-refractivity contribution < 1.29 is 0 Å². The van der Waals surface area contributed by atoms with Crippen LogP contribution in [0.1, 0.15) is 0 Å². The Morgan fingerprint density at radius 2 is 0.841 bits per heavy atom. The number of rotatable bonds is 7. The van der Waals surface area contributed by atoms with Crippen molar-refractivity contribution in [3.8, 4) is 73.1 Å². The molecule has 4 heteroatoms. The summed E-state index contributed by atoms with van der Waals surface area (Å²) in [6, 6.07) is 81.5. The fourth-order valence-corrected chi connectivity index (χ4v) is 9.16. The van der Waals surface area contributed by atoms with E-state index in [2.05, 4.69) is 211 Å². The fraction of sp³-hybridized carbons (Fsp3) is 0. The molecule has 0 saturated heterocycles. The second kappa shape index (κ2) is 15.2. The van der Waals surface area contributed by atoms with Crippen molar-refractivity contribution in [3.05, 3.63) is 231 Å². The molecule has 0 saturated carbocycles. The Balaban J connectivity index is 1.03. The molecule has 0 unspecified atom stereocenters. The first-order chi connectivity index (χ1) is 31.2. The summed E-state index contributed by atoms with van der Waals surface area (Å²) in [6.45, 7) is 0. The van der Waals surface area contributed by atoms with Crippen LogP contribution >= 0.6 is 0 Å². The highest BCUT2D eigenvalue weighted by atomic mass is 15.0. The Kier molecular flexibility index (Phi) is 8.79. The second-order valence-electron chi connectivity index (χ2n) is 16.0. The first-order valence-corrected chi connectivity index (χ1v) is 21.4. The zero-order valence-corrected chi connectivity index (χ0v) is 34.2. The smallest absolute Gasteiger partial charge is 0.160 e. The van der Waals surface area contributed by atoms with E-state index in [9.17, 15) is 0 Å². The summed E-state index contributed by atoms with van der Waals surface area (Å²) in [7, 11) is 0. The van der Waals surface area contributed by atoms with Gasteiger partial charge < -0.3 is 4.57 Å². The monoisotopic (exact) mass is 802 g/mol. The van der Waals surface area contributed by atoms with Crippen molar-refractivity contribution in [2.75, 3.05) is 0 Å². The molecule has 9 aromatic carbocycles. The molecule has 0 amide bonds. The van der Waals surface area contributed by atoms with Crippen LogP contribution in [0.15, 0.2) is 231 Å². The average molecular weight is 803 g/mol. The van der Waals surface area contributed by atoms with Crippen LogP contribution in [-0.2, 0) is 0 Å². The maximum Gasteiger partial charge on any atom is 0.160 e. The Bertz CT molecular complexity index is 3640. The van der Waals surface area contributed by atoms with Crippen molar-refractivity contribution in [2.45, 2.75) is 0 Å². The molecular weight excluding hydrogens is 765 g/mol. The average Bonchev–Trinajstić information content (AvgIpc) is 3.71. The van der Waals surface area contributed by atoms with Crippen LogP contribution in [0.4, 0.5) is 0 Å². The lowest BCUT2D eigenvalue weighted by molar-refractivity contribution is 1.18. The van der Waals surface area contributed by atoms with Gasteiger partial charge in [-0.3, -0.25) is 0 Å². The van der Waals surface area contributed by atoms with Gasteiger partial charge in [-0.25, -0.2) is 15.0 Å². The molecular formula is C59H38N4. The number of hydrogen-bond acceptors (Lipinski definition) is 3. The lowest BCUT2D eigenvalue weighted by atomic mass is 9.96. The summed E-state index contributed by atoms with van der Waals surface area (Å²) < 4.78 is 2.44. The summed E-state index contributed by atoms with van der Waals surface area (Å²) in [5.41, 5.74) is 15.9. The van der Waals surface area contributed by atoms with Crippen LogP contribution in [0.25, 0.3) is 117 Å². The lowest BCUT2D eigenvalue weighted by Crippen LogP contribution is -1.96. The molecule has 3 heterocycles. The van der Waals surface area contributed by atoms with Crippen LogP contribution in [-0.4, -0.2) is 19.5 Å². The molecule has 0 aliphatic heterocycles. The Morgan fingerprint density at radius 3 is 1.59 bits per heavy atom. The molecule has 0 aliphatic carbocycles. The first-order valence-electron chi connectivity index (χ1n) is 21.4. The van der Waals surface area contributed by atoms with Gasteiger partial charge in [-0.2, -0.15) is 0 Å². The van der Waals surface area contributed by atoms with Crippen LogP contribution in [0.3, 0.4) is 0 Å². The Labute approximate surface area is 365 Å². The Hall–Kier alpha value is -8.47. The van der Waals surface area contributed by atoms with E-state index >= 15 is 0 Å². The first kappa shape index (κ1) is 36.4. The van der Waals surface area contributed by atoms with Gasteiger partial charge >= 0.3 is 0 Å². The topological polar surface area (TPSA) is 43.6 Å². The second-order valence-corrected chi connectivity index (χ2v) is 16.0. The van der Waals surface area contributed by atoms with E-state index in [1.165, 1.54) is 32.8 Å². The van der Waals surface area contributed by atoms with Crippen molar-refractivity contribution in [3.63, 3.8) is 0 Å². The molecule has 63 heavy (non-hydrogen) atoms. The van der Waals surface area contributed by atoms with E-state index in [0.29, 0.717) is 5.82 Å². The van der Waals surface area contributed by atoms with E-state index < -0.39 is 0 Å². The van der Waals surface area contributed by atoms with Crippen molar-refractivity contribution in [1.29, 1.82) is 0 Å². The van der Waals surface area contributed by atoms with Gasteiger partial charge in [-0.15, -0.1) is 0 Å². The van der Waals surface area contributed by atoms with E-state index in [1.807, 2.05) is 24.3 Å². The molecule has 0 fully saturated rings. The third kappa shape index (κ3) is 6.44. The molecule has 0 bridgehead atoms. The molecule has 12 rings (SSSR count). The maximum absolute atomic E-state index is 5.27. The van der Waals surface area contributed by atoms with Crippen LogP contribution in [0, 0.1) is 0 Å². The predicted molar refractivity (Wildman–Crippen MR) is 262 cm³/mol. The summed E-state index contributed by atoms with van der Waals surface area (Å²) in [4.78, 5) is 15.6. The molecule has 3 aromatic heterocycles. The van der Waals surface area contributed by atoms with Gasteiger partial charge in [0.15, 0.2) is 5.82 Å². The third-order valence-electron chi connectivity index (χ3n) is 12.2. The van der Waals surface area contributed by atoms with Gasteiger partial charge in [0, 0.05) is 54.9 Å². The zero-order valence-electron chi connectivity index (χ0n) is 34.2. The van der Waals surface area contributed by atoms with E-state index in [-0.39, 0.29) is 0 Å². The third-order valence-corrected chi connectivity index (χ3v) is 12.2. The van der Waals surface area contributed by atoms with Gasteiger partial charge in [0.1, 0.15) is 0 Å². The quantitative estimate of drug-likeness (QED) is 0.151. The van der Waals surface area contributed by atoms with E-state index in [1.54, 1.807) is 0 Å². The van der Waals surface area contributed by atoms with Crippen molar-refractivity contribution >= 4 is 43.5 Å². The number of para-hydroxylation sites is 2. The molecule has 294 valence electrons. The minimum atomic E-state index is 0.696. The Morgan fingerprint density at radius 1 is 0.302 bits per heavy atom. The van der Waals surface area contributed by atoms with Crippen molar-refractivity contribution in [2.24, 2.45) is 0 Å². The van der Waals surface area contributed by atoms with Crippen molar-refractivity contribution in [1.82, 2.24) is 19.5 Å². The van der Waals surface area contributed by atoms with Gasteiger partial charge in [0.05, 0.1) is 33.6 Å². The molecule has 0 N–H and O–H groups in total. The van der Waals surface area contributed by atoms with Crippen LogP contribution in [0.5, 0.6) is 0 Å². The van der Waals surface area contributed by atoms with Gasteiger partial charge in [-0.1, -0.05) is 188 Å². The summed E-state index contributed by atoms with van der Waals surface area (Å²) >= 11 is 0. The highest BCUT2D eigenvalue weighted by molar-refractivity contribution is 6.27. The normalized spacial score (nSPS) is 11.5. The molecule has 0 aliphatic rings. The standard InChI is InChI=1S/C59H38N4/c1-5-16-39(17-6-1)40-28-30-41(31-29-40)53-38-54(62-59(61-53)43-20-9-3-10-21-43)46-23-15-22-44(36-46)45-32-35-55-51(37-45)48-33-34-50-56(58(48)63(55)47-24-11-4-12-25-47)49-26-13-14-27-52(49)60-57(50)42-18-7-2-8-19-42/h1-38H. The molecule has 4 nitrogen and oxygen atoms in total. The fourth-order valence-electron chi connectivity index (χ4n) is 9.16. The predicted octanol–water partition coefficient (Wildman–Crippen LogP) is 15.3. The SMILES string of the molecule is c1ccc(-c2ccc(-c3cc(-c4cccc(-c5ccc6c(c5)c5ccc7c(-c8ccccc8)nc8ccccc8c7c5n6-c5ccccc5)c4)nc(-c4ccccc4)n3)cc2)cc1. The highest BCUT2D eigenvalue weighted by Gasteiger charge is 2.21. The van der Waals surface area contributed by atoms with Gasteiger partial charge in [-0.05, 0) is 64.7 Å². The molecule has 0 radical (unpaired) electrons. The number of fused-ring (bicyclic) bond motifs is 7. The number of nitrogens with zero attached hydrogens (tertiary/aromatic N) is 4. The minimum Gasteiger partial charge on any atom is -0.309 e. The minimum absolute atomic E-state index is 0.696. The van der Waals surface area contributed by atoms with Crippen LogP contribution in [0.2, 0.25) is 0 Å². The molecule has 0 atom stereocenters. The largest absolute Gasteiger partial charge is 0.309 e. The zero-order chi connectivity index (χ0) is 41.7. The van der Waals surface area contributed by atoms with E-state index in [4.69, 9.17) is 15.0 Å². The summed E-state index contributed by atoms with van der Waals surface area (Å²) in [6.07, 6.45) is 0. The van der Waals surface area contributed by atoms with Gasteiger partial charge in [0.25, 0.3) is 0 Å². The number of hydrogen-bond donors (Lipinski definition) is 0. The lowest BCUT2D eigenvalue weighted by Gasteiger charge is -2.14. The molecule has 12 aromatic rings. The van der Waals surface area contributed by atoms with Gasteiger partial charge in [0.2, 0.25) is 0 Å². The summed E-state index contributed by atoms with van der Waals surface area (Å²) in [5.74, 6) is 0.696. The highest BCUT2D eigenvalue weighted by Crippen LogP contribution is 2.43. The summed E-state index contributed by atoms with van der Waals surface area (Å²) in [5, 5.41) is 5.85. The molecule has 0 spiro atoms. The van der Waals surface area contributed by atoms with Crippen LogP contribution < -0.4 is 0 Å². The van der Waals surface area contributed by atoms with E-state index in [0.717, 1.165) is 78.0 Å². The maximum atomic E-state index is 5.27. The number of aromatic nitrogens is 4. The number of benzene rings is 9.